The summed E-state index contributed by atoms with van der Waals surface area (Å²) >= 11 is 0. The number of hydrogen-bond donors (Lipinski definition) is 2. The average molecular weight is 429 g/mol. The summed E-state index contributed by atoms with van der Waals surface area (Å²) in [5, 5.41) is 0. The maximum Gasteiger partial charge on any atom is 0.262 e. The average Bonchev–Trinajstić information content (AvgIpc) is 2.74. The fourth-order valence-corrected chi connectivity index (χ4v) is 6.43. The molecular weight excluding hydrogens is 396 g/mol. The van der Waals surface area contributed by atoms with Crippen molar-refractivity contribution in [3.63, 3.8) is 0 Å². The highest BCUT2D eigenvalue weighted by Crippen LogP contribution is 2.61. The summed E-state index contributed by atoms with van der Waals surface area (Å²) in [6, 6.07) is 3.49. The van der Waals surface area contributed by atoms with Crippen LogP contribution in [0.2, 0.25) is 0 Å². The van der Waals surface area contributed by atoms with E-state index in [-0.39, 0.29) is 11.3 Å². The molecule has 2 amide bonds. The van der Waals surface area contributed by atoms with Crippen LogP contribution >= 0.6 is 0 Å². The molecule has 0 radical (unpaired) electrons. The summed E-state index contributed by atoms with van der Waals surface area (Å²) in [7, 11) is 4.61. The van der Waals surface area contributed by atoms with Crippen molar-refractivity contribution in [1.29, 1.82) is 0 Å². The Bertz CT molecular complexity index is 818. The van der Waals surface area contributed by atoms with E-state index in [1.807, 2.05) is 0 Å². The minimum Gasteiger partial charge on any atom is -0.493 e. The van der Waals surface area contributed by atoms with Crippen LogP contribution in [0, 0.1) is 23.2 Å². The largest absolute Gasteiger partial charge is 0.493 e. The van der Waals surface area contributed by atoms with Gasteiger partial charge in [-0.1, -0.05) is 0 Å². The number of benzene rings is 1. The van der Waals surface area contributed by atoms with Gasteiger partial charge in [0, 0.05) is 12.5 Å². The van der Waals surface area contributed by atoms with E-state index in [1.165, 1.54) is 65.9 Å². The first-order valence-corrected chi connectivity index (χ1v) is 11.0. The van der Waals surface area contributed by atoms with Crippen molar-refractivity contribution in [2.45, 2.75) is 44.9 Å². The van der Waals surface area contributed by atoms with Crippen molar-refractivity contribution in [1.82, 2.24) is 10.9 Å². The molecule has 1 aromatic carbocycles. The normalized spacial score (nSPS) is 28.4. The van der Waals surface area contributed by atoms with Crippen molar-refractivity contribution < 1.29 is 23.8 Å². The first-order valence-electron chi connectivity index (χ1n) is 11.0. The summed E-state index contributed by atoms with van der Waals surface area (Å²) in [6.45, 7) is 0. The van der Waals surface area contributed by atoms with Crippen molar-refractivity contribution in [2.75, 3.05) is 21.3 Å². The quantitative estimate of drug-likeness (QED) is 0.513. The van der Waals surface area contributed by atoms with Crippen LogP contribution in [0.4, 0.5) is 0 Å². The molecule has 4 aliphatic carbocycles. The number of hydrogen-bond acceptors (Lipinski definition) is 5. The lowest BCUT2D eigenvalue weighted by atomic mass is 9.49. The van der Waals surface area contributed by atoms with Gasteiger partial charge in [0.2, 0.25) is 11.7 Å². The summed E-state index contributed by atoms with van der Waals surface area (Å²) in [6.07, 6.45) is 11.1. The van der Waals surface area contributed by atoms with E-state index in [1.54, 1.807) is 18.2 Å². The Morgan fingerprint density at radius 1 is 0.935 bits per heavy atom. The van der Waals surface area contributed by atoms with Crippen LogP contribution in [0.5, 0.6) is 17.2 Å². The monoisotopic (exact) mass is 428 g/mol. The van der Waals surface area contributed by atoms with E-state index in [0.29, 0.717) is 29.2 Å². The molecule has 2 N–H and O–H groups in total. The lowest BCUT2D eigenvalue weighted by Gasteiger charge is -2.56. The SMILES string of the molecule is COc1cc(/C=C/C(=O)NNC(=O)CC23CC4CC(CC(C4)C2)C3)cc(OC)c1OC. The van der Waals surface area contributed by atoms with Gasteiger partial charge in [0.15, 0.2) is 11.5 Å². The summed E-state index contributed by atoms with van der Waals surface area (Å²) < 4.78 is 16.0. The maximum absolute atomic E-state index is 12.5. The molecule has 0 spiro atoms. The molecule has 4 fully saturated rings. The zero-order chi connectivity index (χ0) is 22.0. The molecular formula is C24H32N2O5. The number of rotatable bonds is 7. The molecule has 7 heteroatoms. The van der Waals surface area contributed by atoms with Gasteiger partial charge in [0.05, 0.1) is 21.3 Å². The standard InChI is InChI=1S/C24H32N2O5/c1-29-19-9-15(10-20(30-2)23(19)31-3)4-5-21(27)25-26-22(28)14-24-11-16-6-17(12-24)8-18(7-16)13-24/h4-5,9-10,16-18H,6-8,11-14H2,1-3H3,(H,25,27)(H,26,28)/b5-4+. The number of carbonyl (C=O) groups is 2. The topological polar surface area (TPSA) is 85.9 Å². The lowest BCUT2D eigenvalue weighted by Crippen LogP contribution is -2.49. The van der Waals surface area contributed by atoms with Crippen molar-refractivity contribution >= 4 is 17.9 Å². The first-order chi connectivity index (χ1) is 14.9. The molecule has 0 saturated heterocycles. The summed E-state index contributed by atoms with van der Waals surface area (Å²) in [5.74, 6) is 3.41. The Hall–Kier alpha value is -2.70. The van der Waals surface area contributed by atoms with Crippen LogP contribution in [0.25, 0.3) is 6.08 Å². The third kappa shape index (κ3) is 4.65. The third-order valence-corrected chi connectivity index (χ3v) is 7.14. The van der Waals surface area contributed by atoms with E-state index < -0.39 is 5.91 Å². The van der Waals surface area contributed by atoms with Gasteiger partial charge in [-0.3, -0.25) is 20.4 Å². The van der Waals surface area contributed by atoms with Gasteiger partial charge in [-0.05, 0) is 85.5 Å². The molecule has 0 aromatic heterocycles. The van der Waals surface area contributed by atoms with E-state index in [4.69, 9.17) is 14.2 Å². The van der Waals surface area contributed by atoms with Crippen LogP contribution in [0.3, 0.4) is 0 Å². The molecule has 4 aliphatic rings. The molecule has 5 rings (SSSR count). The van der Waals surface area contributed by atoms with Gasteiger partial charge in [-0.25, -0.2) is 0 Å². The predicted molar refractivity (Wildman–Crippen MR) is 117 cm³/mol. The molecule has 1 aromatic rings. The van der Waals surface area contributed by atoms with Gasteiger partial charge >= 0.3 is 0 Å². The Morgan fingerprint density at radius 3 is 1.97 bits per heavy atom. The molecule has 0 heterocycles. The summed E-state index contributed by atoms with van der Waals surface area (Å²) in [5.41, 5.74) is 5.96. The van der Waals surface area contributed by atoms with Crippen LogP contribution in [-0.4, -0.2) is 33.1 Å². The highest BCUT2D eigenvalue weighted by molar-refractivity contribution is 5.93. The Balaban J connectivity index is 1.31. The molecule has 4 bridgehead atoms. The molecule has 4 saturated carbocycles. The maximum atomic E-state index is 12.5. The number of hydrazine groups is 1. The second kappa shape index (κ2) is 8.81. The van der Waals surface area contributed by atoms with Gasteiger partial charge in [-0.15, -0.1) is 0 Å². The van der Waals surface area contributed by atoms with Crippen molar-refractivity contribution in [3.05, 3.63) is 23.8 Å². The molecule has 0 aliphatic heterocycles. The van der Waals surface area contributed by atoms with Crippen LogP contribution in [0.1, 0.15) is 50.5 Å². The van der Waals surface area contributed by atoms with Gasteiger partial charge < -0.3 is 14.2 Å². The number of nitrogens with one attached hydrogen (secondary N) is 2. The van der Waals surface area contributed by atoms with Gasteiger partial charge in [0.25, 0.3) is 5.91 Å². The number of methoxy groups -OCH3 is 3. The molecule has 0 atom stereocenters. The van der Waals surface area contributed by atoms with Gasteiger partial charge in [-0.2, -0.15) is 0 Å². The molecule has 168 valence electrons. The lowest BCUT2D eigenvalue weighted by molar-refractivity contribution is -0.133. The van der Waals surface area contributed by atoms with Crippen LogP contribution < -0.4 is 25.1 Å². The minimum atomic E-state index is -0.396. The van der Waals surface area contributed by atoms with E-state index in [0.717, 1.165) is 17.8 Å². The predicted octanol–water partition coefficient (Wildman–Crippen LogP) is 3.48. The van der Waals surface area contributed by atoms with Crippen LogP contribution in [0.15, 0.2) is 18.2 Å². The second-order valence-corrected chi connectivity index (χ2v) is 9.42. The van der Waals surface area contributed by atoms with Crippen LogP contribution in [-0.2, 0) is 9.59 Å². The van der Waals surface area contributed by atoms with E-state index >= 15 is 0 Å². The molecule has 31 heavy (non-hydrogen) atoms. The molecule has 0 unspecified atom stereocenters. The van der Waals surface area contributed by atoms with Crippen molar-refractivity contribution in [3.8, 4) is 17.2 Å². The number of carbonyl (C=O) groups excluding carboxylic acids is 2. The zero-order valence-corrected chi connectivity index (χ0v) is 18.5. The number of amides is 2. The fourth-order valence-electron chi connectivity index (χ4n) is 6.43. The highest BCUT2D eigenvalue weighted by Gasteiger charge is 2.51. The Kier molecular flexibility index (Phi) is 6.12. The summed E-state index contributed by atoms with van der Waals surface area (Å²) in [4.78, 5) is 24.8. The number of ether oxygens (including phenoxy) is 3. The Morgan fingerprint density at radius 2 is 1.48 bits per heavy atom. The second-order valence-electron chi connectivity index (χ2n) is 9.42. The van der Waals surface area contributed by atoms with E-state index in [9.17, 15) is 9.59 Å². The fraction of sp³-hybridized carbons (Fsp3) is 0.583. The first kappa shape index (κ1) is 21.5. The van der Waals surface area contributed by atoms with Gasteiger partial charge in [0.1, 0.15) is 0 Å². The Labute approximate surface area is 183 Å². The minimum absolute atomic E-state index is 0.100. The zero-order valence-electron chi connectivity index (χ0n) is 18.5. The third-order valence-electron chi connectivity index (χ3n) is 7.14. The molecule has 7 nitrogen and oxygen atoms in total. The van der Waals surface area contributed by atoms with E-state index in [2.05, 4.69) is 10.9 Å². The highest BCUT2D eigenvalue weighted by atomic mass is 16.5. The van der Waals surface area contributed by atoms with Crippen molar-refractivity contribution in [2.24, 2.45) is 23.2 Å². The smallest absolute Gasteiger partial charge is 0.262 e.